The minimum Gasteiger partial charge on any atom is -0.454 e. The molecular formula is C13H11NO3S. The fourth-order valence-electron chi connectivity index (χ4n) is 1.81. The maximum Gasteiger partial charge on any atom is 0.231 e. The maximum atomic E-state index is 12.0. The fourth-order valence-corrected chi connectivity index (χ4v) is 2.43. The Bertz CT molecular complexity index is 566. The lowest BCUT2D eigenvalue weighted by Gasteiger charge is -2.01. The summed E-state index contributed by atoms with van der Waals surface area (Å²) >= 11 is 1.57. The lowest BCUT2D eigenvalue weighted by Crippen LogP contribution is -2.01. The van der Waals surface area contributed by atoms with E-state index in [1.165, 1.54) is 0 Å². The second-order valence-electron chi connectivity index (χ2n) is 3.92. The number of fused-ring (bicyclic) bond motifs is 1. The van der Waals surface area contributed by atoms with E-state index < -0.39 is 0 Å². The number of thiazole rings is 1. The van der Waals surface area contributed by atoms with E-state index >= 15 is 0 Å². The molecule has 1 aromatic carbocycles. The first kappa shape index (κ1) is 11.2. The van der Waals surface area contributed by atoms with Crippen molar-refractivity contribution in [2.24, 2.45) is 0 Å². The van der Waals surface area contributed by atoms with Crippen molar-refractivity contribution in [3.63, 3.8) is 0 Å². The summed E-state index contributed by atoms with van der Waals surface area (Å²) in [6.07, 6.45) is 2.91. The first-order valence-corrected chi connectivity index (χ1v) is 6.52. The number of nitrogens with zero attached hydrogens (tertiary/aromatic N) is 1. The van der Waals surface area contributed by atoms with E-state index in [9.17, 15) is 4.79 Å². The van der Waals surface area contributed by atoms with Gasteiger partial charge < -0.3 is 9.47 Å². The van der Waals surface area contributed by atoms with Gasteiger partial charge in [0.2, 0.25) is 6.79 Å². The van der Waals surface area contributed by atoms with E-state index in [-0.39, 0.29) is 12.6 Å². The van der Waals surface area contributed by atoms with E-state index in [0.29, 0.717) is 29.9 Å². The molecule has 4 nitrogen and oxygen atoms in total. The molecule has 2 heterocycles. The minimum atomic E-state index is 0.100. The molecule has 5 heteroatoms. The zero-order valence-corrected chi connectivity index (χ0v) is 10.4. The summed E-state index contributed by atoms with van der Waals surface area (Å²) < 4.78 is 10.5. The predicted octanol–water partition coefficient (Wildman–Crippen LogP) is 2.69. The summed E-state index contributed by atoms with van der Waals surface area (Å²) in [5.41, 5.74) is 0.663. The van der Waals surface area contributed by atoms with Gasteiger partial charge >= 0.3 is 0 Å². The Morgan fingerprint density at radius 1 is 1.33 bits per heavy atom. The number of benzene rings is 1. The molecular weight excluding hydrogens is 250 g/mol. The highest BCUT2D eigenvalue weighted by Gasteiger charge is 2.16. The molecule has 0 fully saturated rings. The first-order chi connectivity index (χ1) is 8.83. The molecule has 0 saturated carbocycles. The van der Waals surface area contributed by atoms with Crippen molar-refractivity contribution >= 4 is 17.1 Å². The number of ether oxygens (including phenoxy) is 2. The second kappa shape index (κ2) is 4.78. The summed E-state index contributed by atoms with van der Waals surface area (Å²) in [5.74, 6) is 1.45. The quantitative estimate of drug-likeness (QED) is 0.794. The third-order valence-electron chi connectivity index (χ3n) is 2.74. The van der Waals surface area contributed by atoms with Crippen molar-refractivity contribution in [3.05, 3.63) is 40.3 Å². The Hall–Kier alpha value is -1.88. The van der Waals surface area contributed by atoms with E-state index in [2.05, 4.69) is 4.98 Å². The van der Waals surface area contributed by atoms with Crippen molar-refractivity contribution in [3.8, 4) is 11.5 Å². The predicted molar refractivity (Wildman–Crippen MR) is 67.3 cm³/mol. The number of carbonyl (C=O) groups excluding carboxylic acids is 1. The summed E-state index contributed by atoms with van der Waals surface area (Å²) in [5, 5.41) is 2.91. The highest BCUT2D eigenvalue weighted by Crippen LogP contribution is 2.32. The van der Waals surface area contributed by atoms with Crippen LogP contribution in [0.1, 0.15) is 21.8 Å². The molecule has 0 saturated heterocycles. The van der Waals surface area contributed by atoms with Crippen LogP contribution in [0.4, 0.5) is 0 Å². The smallest absolute Gasteiger partial charge is 0.231 e. The number of hydrogen-bond acceptors (Lipinski definition) is 5. The Kier molecular flexibility index (Phi) is 2.98. The zero-order chi connectivity index (χ0) is 12.4. The average molecular weight is 261 g/mol. The Balaban J connectivity index is 1.69. The van der Waals surface area contributed by atoms with Gasteiger partial charge in [-0.1, -0.05) is 0 Å². The van der Waals surface area contributed by atoms with Gasteiger partial charge in [-0.2, -0.15) is 0 Å². The minimum absolute atomic E-state index is 0.100. The van der Waals surface area contributed by atoms with E-state index in [1.807, 2.05) is 5.38 Å². The molecule has 0 amide bonds. The third-order valence-corrected chi connectivity index (χ3v) is 3.58. The van der Waals surface area contributed by atoms with Gasteiger partial charge in [-0.25, -0.2) is 4.98 Å². The fraction of sp³-hybridized carbons (Fsp3) is 0.231. The normalized spacial score (nSPS) is 12.7. The molecule has 0 N–H and O–H groups in total. The van der Waals surface area contributed by atoms with Crippen LogP contribution in [0, 0.1) is 0 Å². The number of Topliss-reactive ketones (excluding diaryl/α,β-unsaturated/α-hetero) is 1. The summed E-state index contributed by atoms with van der Waals surface area (Å²) in [7, 11) is 0. The molecule has 0 aliphatic carbocycles. The van der Waals surface area contributed by atoms with Gasteiger partial charge in [0.1, 0.15) is 0 Å². The molecule has 1 aromatic heterocycles. The molecule has 0 spiro atoms. The van der Waals surface area contributed by atoms with Crippen molar-refractivity contribution in [1.82, 2.24) is 4.98 Å². The van der Waals surface area contributed by atoms with Crippen molar-refractivity contribution in [2.45, 2.75) is 12.8 Å². The molecule has 0 radical (unpaired) electrons. The molecule has 0 bridgehead atoms. The van der Waals surface area contributed by atoms with Crippen LogP contribution in [0.15, 0.2) is 29.8 Å². The molecule has 18 heavy (non-hydrogen) atoms. The molecule has 1 aliphatic rings. The lowest BCUT2D eigenvalue weighted by molar-refractivity contribution is 0.0982. The van der Waals surface area contributed by atoms with Crippen molar-refractivity contribution in [2.75, 3.05) is 6.79 Å². The highest BCUT2D eigenvalue weighted by molar-refractivity contribution is 7.09. The van der Waals surface area contributed by atoms with Crippen LogP contribution in [-0.4, -0.2) is 17.6 Å². The van der Waals surface area contributed by atoms with E-state index in [1.54, 1.807) is 35.7 Å². The van der Waals surface area contributed by atoms with Crippen molar-refractivity contribution in [1.29, 1.82) is 0 Å². The summed E-state index contributed by atoms with van der Waals surface area (Å²) in [4.78, 5) is 16.2. The van der Waals surface area contributed by atoms with Crippen LogP contribution in [0.2, 0.25) is 0 Å². The molecule has 1 aliphatic heterocycles. The van der Waals surface area contributed by atoms with Crippen LogP contribution < -0.4 is 9.47 Å². The largest absolute Gasteiger partial charge is 0.454 e. The van der Waals surface area contributed by atoms with Crippen LogP contribution in [-0.2, 0) is 6.42 Å². The number of ketones is 1. The number of aromatic nitrogens is 1. The van der Waals surface area contributed by atoms with Gasteiger partial charge in [0.15, 0.2) is 17.3 Å². The SMILES string of the molecule is O=C(CCc1nccs1)c1ccc2c(c1)OCO2. The number of aryl methyl sites for hydroxylation is 1. The molecule has 2 aromatic rings. The molecule has 0 unspecified atom stereocenters. The van der Waals surface area contributed by atoms with Gasteiger partial charge in [0, 0.05) is 30.0 Å². The van der Waals surface area contributed by atoms with Crippen LogP contribution in [0.25, 0.3) is 0 Å². The van der Waals surface area contributed by atoms with E-state index in [4.69, 9.17) is 9.47 Å². The Morgan fingerprint density at radius 3 is 3.06 bits per heavy atom. The molecule has 0 atom stereocenters. The van der Waals surface area contributed by atoms with Gasteiger partial charge in [0.05, 0.1) is 5.01 Å². The van der Waals surface area contributed by atoms with Gasteiger partial charge in [-0.3, -0.25) is 4.79 Å². The summed E-state index contributed by atoms with van der Waals surface area (Å²) in [6, 6.07) is 5.29. The summed E-state index contributed by atoms with van der Waals surface area (Å²) in [6.45, 7) is 0.228. The lowest BCUT2D eigenvalue weighted by atomic mass is 10.1. The third kappa shape index (κ3) is 2.22. The second-order valence-corrected chi connectivity index (χ2v) is 4.90. The number of rotatable bonds is 4. The molecule has 3 rings (SSSR count). The topological polar surface area (TPSA) is 48.4 Å². The Morgan fingerprint density at radius 2 is 2.22 bits per heavy atom. The maximum absolute atomic E-state index is 12.0. The van der Waals surface area contributed by atoms with Gasteiger partial charge in [-0.05, 0) is 18.2 Å². The van der Waals surface area contributed by atoms with Crippen LogP contribution >= 0.6 is 11.3 Å². The average Bonchev–Trinajstić information content (AvgIpc) is 3.05. The number of carbonyl (C=O) groups is 1. The van der Waals surface area contributed by atoms with Gasteiger partial charge in [0.25, 0.3) is 0 Å². The van der Waals surface area contributed by atoms with Crippen LogP contribution in [0.3, 0.4) is 0 Å². The standard InChI is InChI=1S/C13H11NO3S/c15-10(2-4-13-14-5-6-18-13)9-1-3-11-12(7-9)17-8-16-11/h1,3,5-7H,2,4,8H2. The zero-order valence-electron chi connectivity index (χ0n) is 9.59. The first-order valence-electron chi connectivity index (χ1n) is 5.64. The highest BCUT2D eigenvalue weighted by atomic mass is 32.1. The van der Waals surface area contributed by atoms with Crippen LogP contribution in [0.5, 0.6) is 11.5 Å². The number of hydrogen-bond donors (Lipinski definition) is 0. The van der Waals surface area contributed by atoms with Crippen molar-refractivity contribution < 1.29 is 14.3 Å². The molecule has 92 valence electrons. The monoisotopic (exact) mass is 261 g/mol. The Labute approximate surface area is 108 Å². The van der Waals surface area contributed by atoms with E-state index in [0.717, 1.165) is 5.01 Å². The van der Waals surface area contributed by atoms with Gasteiger partial charge in [-0.15, -0.1) is 11.3 Å².